The summed E-state index contributed by atoms with van der Waals surface area (Å²) in [6.07, 6.45) is 3.80. The number of benzene rings is 1. The van der Waals surface area contributed by atoms with Crippen LogP contribution in [0.25, 0.3) is 0 Å². The third-order valence-electron chi connectivity index (χ3n) is 3.14. The lowest BCUT2D eigenvalue weighted by molar-refractivity contribution is -0.118. The summed E-state index contributed by atoms with van der Waals surface area (Å²) >= 11 is 6.12. The molecule has 0 bridgehead atoms. The van der Waals surface area contributed by atoms with E-state index in [2.05, 4.69) is 0 Å². The third-order valence-corrected chi connectivity index (χ3v) is 3.49. The summed E-state index contributed by atoms with van der Waals surface area (Å²) in [4.78, 5) is 13.8. The van der Waals surface area contributed by atoms with Crippen LogP contribution >= 0.6 is 11.6 Å². The van der Waals surface area contributed by atoms with Gasteiger partial charge in [0.25, 0.3) is 0 Å². The fraction of sp³-hybridized carbons (Fsp3) is 0.462. The summed E-state index contributed by atoms with van der Waals surface area (Å²) in [5.41, 5.74) is 7.37. The average Bonchev–Trinajstić information content (AvgIpc) is 2.54. The van der Waals surface area contributed by atoms with Crippen LogP contribution in [-0.4, -0.2) is 12.5 Å². The number of nitrogens with zero attached hydrogens (tertiary/aromatic N) is 1. The second kappa shape index (κ2) is 5.52. The zero-order valence-corrected chi connectivity index (χ0v) is 10.5. The minimum absolute atomic E-state index is 0.194. The fourth-order valence-electron chi connectivity index (χ4n) is 2.13. The highest BCUT2D eigenvalue weighted by atomic mass is 35.5. The molecule has 0 saturated carbocycles. The molecular weight excluding hydrogens is 236 g/mol. The maximum Gasteiger partial charge on any atom is 0.226 e. The Balaban J connectivity index is 2.26. The number of hydrogen-bond acceptors (Lipinski definition) is 2. The SMILES string of the molecule is NCc1ccc(N2CCCCCC2=O)cc1Cl. The van der Waals surface area contributed by atoms with Gasteiger partial charge in [-0.1, -0.05) is 24.1 Å². The lowest BCUT2D eigenvalue weighted by Crippen LogP contribution is -2.29. The van der Waals surface area contributed by atoms with Gasteiger partial charge in [0.05, 0.1) is 0 Å². The first kappa shape index (κ1) is 12.4. The first-order chi connectivity index (χ1) is 8.22. The summed E-state index contributed by atoms with van der Waals surface area (Å²) < 4.78 is 0. The van der Waals surface area contributed by atoms with E-state index in [-0.39, 0.29) is 5.91 Å². The summed E-state index contributed by atoms with van der Waals surface area (Å²) in [7, 11) is 0. The van der Waals surface area contributed by atoms with Gasteiger partial charge in [-0.2, -0.15) is 0 Å². The Bertz CT molecular complexity index is 420. The van der Waals surface area contributed by atoms with Crippen LogP contribution < -0.4 is 10.6 Å². The minimum atomic E-state index is 0.194. The van der Waals surface area contributed by atoms with Crippen molar-refractivity contribution in [1.82, 2.24) is 0 Å². The van der Waals surface area contributed by atoms with Gasteiger partial charge in [-0.15, -0.1) is 0 Å². The van der Waals surface area contributed by atoms with E-state index in [1.54, 1.807) is 0 Å². The molecule has 1 aromatic carbocycles. The van der Waals surface area contributed by atoms with Gasteiger partial charge in [-0.3, -0.25) is 4.79 Å². The van der Waals surface area contributed by atoms with Gasteiger partial charge in [0.15, 0.2) is 0 Å². The molecule has 2 rings (SSSR count). The second-order valence-corrected chi connectivity index (χ2v) is 4.74. The zero-order valence-electron chi connectivity index (χ0n) is 9.79. The molecule has 3 nitrogen and oxygen atoms in total. The Hall–Kier alpha value is -1.06. The molecule has 0 spiro atoms. The number of hydrogen-bond donors (Lipinski definition) is 1. The van der Waals surface area contributed by atoms with Crippen LogP contribution in [0, 0.1) is 0 Å². The molecule has 1 amide bonds. The van der Waals surface area contributed by atoms with E-state index in [1.165, 1.54) is 0 Å². The van der Waals surface area contributed by atoms with Crippen LogP contribution in [-0.2, 0) is 11.3 Å². The van der Waals surface area contributed by atoms with Gasteiger partial charge < -0.3 is 10.6 Å². The normalized spacial score (nSPS) is 17.1. The van der Waals surface area contributed by atoms with E-state index < -0.39 is 0 Å². The molecule has 92 valence electrons. The van der Waals surface area contributed by atoms with Crippen LogP contribution in [0.1, 0.15) is 31.2 Å². The van der Waals surface area contributed by atoms with E-state index >= 15 is 0 Å². The molecule has 1 saturated heterocycles. The molecule has 1 aliphatic rings. The van der Waals surface area contributed by atoms with Crippen molar-refractivity contribution in [2.75, 3.05) is 11.4 Å². The lowest BCUT2D eigenvalue weighted by atomic mass is 10.2. The van der Waals surface area contributed by atoms with Gasteiger partial charge in [-0.25, -0.2) is 0 Å². The van der Waals surface area contributed by atoms with Crippen molar-refractivity contribution in [3.8, 4) is 0 Å². The number of nitrogens with two attached hydrogens (primary N) is 1. The highest BCUT2D eigenvalue weighted by molar-refractivity contribution is 6.31. The Morgan fingerprint density at radius 1 is 1.29 bits per heavy atom. The van der Waals surface area contributed by atoms with E-state index in [0.717, 1.165) is 37.1 Å². The smallest absolute Gasteiger partial charge is 0.226 e. The highest BCUT2D eigenvalue weighted by Crippen LogP contribution is 2.26. The minimum Gasteiger partial charge on any atom is -0.326 e. The van der Waals surface area contributed by atoms with Crippen molar-refractivity contribution in [1.29, 1.82) is 0 Å². The van der Waals surface area contributed by atoms with Crippen LogP contribution in [0.3, 0.4) is 0 Å². The van der Waals surface area contributed by atoms with Gasteiger partial charge in [0.1, 0.15) is 0 Å². The Kier molecular flexibility index (Phi) is 4.02. The third kappa shape index (κ3) is 2.79. The maximum atomic E-state index is 11.9. The number of rotatable bonds is 2. The van der Waals surface area contributed by atoms with Gasteiger partial charge in [-0.05, 0) is 30.5 Å². The molecule has 1 aromatic rings. The first-order valence-electron chi connectivity index (χ1n) is 6.01. The summed E-state index contributed by atoms with van der Waals surface area (Å²) in [5, 5.41) is 0.641. The molecule has 0 aliphatic carbocycles. The molecule has 0 aromatic heterocycles. The fourth-order valence-corrected chi connectivity index (χ4v) is 2.38. The van der Waals surface area contributed by atoms with E-state index in [4.69, 9.17) is 17.3 Å². The summed E-state index contributed by atoms with van der Waals surface area (Å²) in [5.74, 6) is 0.194. The standard InChI is InChI=1S/C13H17ClN2O/c14-12-8-11(6-5-10(12)9-15)16-7-3-1-2-4-13(16)17/h5-6,8H,1-4,7,9,15H2. The van der Waals surface area contributed by atoms with E-state index in [1.807, 2.05) is 23.1 Å². The van der Waals surface area contributed by atoms with Gasteiger partial charge in [0, 0.05) is 30.2 Å². The van der Waals surface area contributed by atoms with Crippen molar-refractivity contribution in [3.05, 3.63) is 28.8 Å². The zero-order chi connectivity index (χ0) is 12.3. The quantitative estimate of drug-likeness (QED) is 0.880. The van der Waals surface area contributed by atoms with Crippen LogP contribution in [0.2, 0.25) is 5.02 Å². The molecule has 1 fully saturated rings. The monoisotopic (exact) mass is 252 g/mol. The van der Waals surface area contributed by atoms with Gasteiger partial charge >= 0.3 is 0 Å². The van der Waals surface area contributed by atoms with Crippen molar-refractivity contribution < 1.29 is 4.79 Å². The molecule has 1 aliphatic heterocycles. The average molecular weight is 253 g/mol. The number of carbonyl (C=O) groups is 1. The van der Waals surface area contributed by atoms with Crippen molar-refractivity contribution in [3.63, 3.8) is 0 Å². The molecule has 4 heteroatoms. The first-order valence-corrected chi connectivity index (χ1v) is 6.39. The van der Waals surface area contributed by atoms with E-state index in [9.17, 15) is 4.79 Å². The van der Waals surface area contributed by atoms with Crippen molar-refractivity contribution >= 4 is 23.2 Å². The van der Waals surface area contributed by atoms with E-state index in [0.29, 0.717) is 18.0 Å². The number of carbonyl (C=O) groups excluding carboxylic acids is 1. The Morgan fingerprint density at radius 2 is 2.12 bits per heavy atom. The predicted molar refractivity (Wildman–Crippen MR) is 70.2 cm³/mol. The topological polar surface area (TPSA) is 46.3 Å². The van der Waals surface area contributed by atoms with Crippen molar-refractivity contribution in [2.24, 2.45) is 5.73 Å². The lowest BCUT2D eigenvalue weighted by Gasteiger charge is -2.21. The molecular formula is C13H17ClN2O. The molecule has 0 atom stereocenters. The van der Waals surface area contributed by atoms with Crippen LogP contribution in [0.4, 0.5) is 5.69 Å². The largest absolute Gasteiger partial charge is 0.326 e. The molecule has 2 N–H and O–H groups in total. The molecule has 1 heterocycles. The molecule has 0 unspecified atom stereocenters. The van der Waals surface area contributed by atoms with Crippen LogP contribution in [0.5, 0.6) is 0 Å². The van der Waals surface area contributed by atoms with Gasteiger partial charge in [0.2, 0.25) is 5.91 Å². The number of anilines is 1. The highest BCUT2D eigenvalue weighted by Gasteiger charge is 2.18. The maximum absolute atomic E-state index is 11.9. The molecule has 17 heavy (non-hydrogen) atoms. The Labute approximate surface area is 107 Å². The number of amides is 1. The van der Waals surface area contributed by atoms with Crippen molar-refractivity contribution in [2.45, 2.75) is 32.2 Å². The summed E-state index contributed by atoms with van der Waals surface area (Å²) in [6.45, 7) is 1.21. The molecule has 0 radical (unpaired) electrons. The summed E-state index contributed by atoms with van der Waals surface area (Å²) in [6, 6.07) is 5.67. The number of halogens is 1. The van der Waals surface area contributed by atoms with Crippen LogP contribution in [0.15, 0.2) is 18.2 Å². The second-order valence-electron chi connectivity index (χ2n) is 4.34. The Morgan fingerprint density at radius 3 is 2.82 bits per heavy atom. The predicted octanol–water partition coefficient (Wildman–Crippen LogP) is 2.71.